The second kappa shape index (κ2) is 11.0. The first-order chi connectivity index (χ1) is 20.8. The van der Waals surface area contributed by atoms with Crippen LogP contribution in [0.4, 0.5) is 0 Å². The van der Waals surface area contributed by atoms with Crippen molar-refractivity contribution in [1.82, 2.24) is 0 Å². The molecule has 0 saturated carbocycles. The van der Waals surface area contributed by atoms with Crippen LogP contribution in [0, 0.1) is 11.8 Å². The number of hydrogen-bond acceptors (Lipinski definition) is 13. The minimum atomic E-state index is -1.42. The molecule has 2 aromatic rings. The van der Waals surface area contributed by atoms with Crippen LogP contribution >= 0.6 is 0 Å². The van der Waals surface area contributed by atoms with Crippen molar-refractivity contribution in [1.29, 1.82) is 0 Å². The summed E-state index contributed by atoms with van der Waals surface area (Å²) in [4.78, 5) is 13.5. The van der Waals surface area contributed by atoms with Gasteiger partial charge in [0.25, 0.3) is 0 Å². The average molecular weight is 603 g/mol. The number of ether oxygens (including phenoxy) is 10. The molecular weight excluding hydrogens is 568 g/mol. The monoisotopic (exact) mass is 602 g/mol. The summed E-state index contributed by atoms with van der Waals surface area (Å²) in [5.74, 6) is 0.289. The summed E-state index contributed by atoms with van der Waals surface area (Å²) in [6, 6.07) is 7.31. The van der Waals surface area contributed by atoms with E-state index in [2.05, 4.69) is 0 Å². The van der Waals surface area contributed by atoms with E-state index >= 15 is 0 Å². The standard InChI is InChI=1S/C30H34O13/c1-12-37-10-21-28(41-12)24(31)25(32)30(42-21)43-26-15-8-18-17(39-11-40-18)7-14(15)22(23-16(26)9-38-29(23)33)13-5-19(34-2)27(36-4)20(6-13)35-3/h5-8,12,16,21-26,28,30-32H,9-11H2,1-4H3/t12-,16+,21?,22-,23+,24?,25?,26-,28?,30?/m1/s1. The molecule has 0 amide bonds. The lowest BCUT2D eigenvalue weighted by atomic mass is 9.66. The van der Waals surface area contributed by atoms with E-state index in [1.807, 2.05) is 24.3 Å². The largest absolute Gasteiger partial charge is 0.493 e. The molecule has 0 aromatic heterocycles. The molecule has 3 fully saturated rings. The van der Waals surface area contributed by atoms with Crippen molar-refractivity contribution < 1.29 is 62.4 Å². The number of methoxy groups -OCH3 is 3. The molecule has 13 heteroatoms. The van der Waals surface area contributed by atoms with Crippen molar-refractivity contribution in [2.24, 2.45) is 11.8 Å². The number of esters is 1. The number of fused-ring (bicyclic) bond motifs is 4. The predicted molar refractivity (Wildman–Crippen MR) is 143 cm³/mol. The molecule has 1 aliphatic carbocycles. The number of hydrogen-bond donors (Lipinski definition) is 2. The fourth-order valence-corrected chi connectivity index (χ4v) is 6.92. The second-order valence-corrected chi connectivity index (χ2v) is 11.2. The molecule has 0 bridgehead atoms. The number of aliphatic hydroxyl groups is 2. The van der Waals surface area contributed by atoms with Gasteiger partial charge in [-0.05, 0) is 47.9 Å². The van der Waals surface area contributed by atoms with Gasteiger partial charge in [-0.15, -0.1) is 0 Å². The zero-order chi connectivity index (χ0) is 30.0. The third-order valence-electron chi connectivity index (χ3n) is 8.93. The van der Waals surface area contributed by atoms with Crippen LogP contribution in [0.15, 0.2) is 24.3 Å². The number of aliphatic hydroxyl groups excluding tert-OH is 2. The summed E-state index contributed by atoms with van der Waals surface area (Å²) < 4.78 is 57.7. The number of carbonyl (C=O) groups is 1. The molecule has 232 valence electrons. The molecule has 2 aromatic carbocycles. The molecule has 4 heterocycles. The maximum Gasteiger partial charge on any atom is 0.310 e. The molecule has 2 N–H and O–H groups in total. The molecular formula is C30H34O13. The van der Waals surface area contributed by atoms with Crippen molar-refractivity contribution in [2.75, 3.05) is 41.3 Å². The summed E-state index contributed by atoms with van der Waals surface area (Å²) in [6.07, 6.45) is -6.70. The first-order valence-electron chi connectivity index (χ1n) is 14.2. The Kier molecular flexibility index (Phi) is 7.27. The molecule has 3 saturated heterocycles. The minimum absolute atomic E-state index is 0.0473. The summed E-state index contributed by atoms with van der Waals surface area (Å²) in [6.45, 7) is 1.99. The Morgan fingerprint density at radius 3 is 2.21 bits per heavy atom. The Labute approximate surface area is 247 Å². The summed E-state index contributed by atoms with van der Waals surface area (Å²) in [7, 11) is 4.58. The fourth-order valence-electron chi connectivity index (χ4n) is 6.92. The quantitative estimate of drug-likeness (QED) is 0.462. The van der Waals surface area contributed by atoms with Crippen LogP contribution in [-0.4, -0.2) is 94.5 Å². The SMILES string of the molecule is COc1cc([C@@H]2c3cc4c(cc3[C@@H](OC3OC5CO[C@@H](C)OC5C(O)C3O)[C@H]3COC(=O)[C@H]23)OCO4)cc(OC)c1OC. The van der Waals surface area contributed by atoms with Gasteiger partial charge in [0.1, 0.15) is 24.4 Å². The number of cyclic esters (lactones) is 1. The smallest absolute Gasteiger partial charge is 0.310 e. The van der Waals surface area contributed by atoms with E-state index in [-0.39, 0.29) is 20.0 Å². The number of benzene rings is 2. The van der Waals surface area contributed by atoms with Gasteiger partial charge in [0.05, 0.1) is 46.6 Å². The highest BCUT2D eigenvalue weighted by molar-refractivity contribution is 5.79. The molecule has 10 atom stereocenters. The van der Waals surface area contributed by atoms with Crippen LogP contribution in [0.3, 0.4) is 0 Å². The molecule has 7 rings (SSSR count). The molecule has 4 aliphatic heterocycles. The van der Waals surface area contributed by atoms with Gasteiger partial charge in [-0.1, -0.05) is 0 Å². The van der Waals surface area contributed by atoms with E-state index in [1.54, 1.807) is 6.92 Å². The Balaban J connectivity index is 1.32. The zero-order valence-electron chi connectivity index (χ0n) is 24.1. The van der Waals surface area contributed by atoms with E-state index in [4.69, 9.17) is 47.4 Å². The van der Waals surface area contributed by atoms with E-state index in [0.29, 0.717) is 34.3 Å². The Morgan fingerprint density at radius 2 is 1.53 bits per heavy atom. The highest BCUT2D eigenvalue weighted by Crippen LogP contribution is 2.57. The summed E-state index contributed by atoms with van der Waals surface area (Å²) >= 11 is 0. The van der Waals surface area contributed by atoms with E-state index in [1.165, 1.54) is 21.3 Å². The summed E-state index contributed by atoms with van der Waals surface area (Å²) in [5.41, 5.74) is 2.19. The van der Waals surface area contributed by atoms with E-state index in [9.17, 15) is 15.0 Å². The Hall–Kier alpha value is -3.33. The van der Waals surface area contributed by atoms with Gasteiger partial charge in [0.15, 0.2) is 35.6 Å². The second-order valence-electron chi connectivity index (χ2n) is 11.2. The molecule has 0 spiro atoms. The highest BCUT2D eigenvalue weighted by atomic mass is 16.8. The molecule has 5 unspecified atom stereocenters. The van der Waals surface area contributed by atoms with Crippen molar-refractivity contribution in [3.63, 3.8) is 0 Å². The van der Waals surface area contributed by atoms with Crippen molar-refractivity contribution >= 4 is 5.97 Å². The van der Waals surface area contributed by atoms with Crippen LogP contribution in [0.2, 0.25) is 0 Å². The first-order valence-corrected chi connectivity index (χ1v) is 14.2. The predicted octanol–water partition coefficient (Wildman–Crippen LogP) is 1.64. The minimum Gasteiger partial charge on any atom is -0.493 e. The van der Waals surface area contributed by atoms with Crippen LogP contribution in [0.25, 0.3) is 0 Å². The average Bonchev–Trinajstić information content (AvgIpc) is 3.64. The number of rotatable bonds is 6. The Bertz CT molecular complexity index is 1370. The topological polar surface area (TPSA) is 150 Å². The van der Waals surface area contributed by atoms with Crippen LogP contribution in [0.1, 0.15) is 35.6 Å². The lowest BCUT2D eigenvalue weighted by molar-refractivity contribution is -0.364. The van der Waals surface area contributed by atoms with Crippen molar-refractivity contribution in [3.05, 3.63) is 41.0 Å². The lowest BCUT2D eigenvalue weighted by Crippen LogP contribution is -2.63. The third-order valence-corrected chi connectivity index (χ3v) is 8.93. The molecule has 5 aliphatic rings. The molecule has 43 heavy (non-hydrogen) atoms. The van der Waals surface area contributed by atoms with Gasteiger partial charge >= 0.3 is 5.97 Å². The number of carbonyl (C=O) groups excluding carboxylic acids is 1. The van der Waals surface area contributed by atoms with Crippen LogP contribution in [0.5, 0.6) is 28.7 Å². The van der Waals surface area contributed by atoms with Gasteiger partial charge in [-0.25, -0.2) is 0 Å². The Morgan fingerprint density at radius 1 is 0.837 bits per heavy atom. The summed E-state index contributed by atoms with van der Waals surface area (Å²) in [5, 5.41) is 22.0. The third kappa shape index (κ3) is 4.57. The first kappa shape index (κ1) is 28.4. The normalized spacial score (nSPS) is 35.8. The maximum atomic E-state index is 13.5. The van der Waals surface area contributed by atoms with E-state index < -0.39 is 66.8 Å². The van der Waals surface area contributed by atoms with Gasteiger partial charge in [-0.3, -0.25) is 4.79 Å². The maximum absolute atomic E-state index is 13.5. The van der Waals surface area contributed by atoms with Crippen LogP contribution in [-0.2, 0) is 28.5 Å². The van der Waals surface area contributed by atoms with Crippen molar-refractivity contribution in [2.45, 2.75) is 55.9 Å². The van der Waals surface area contributed by atoms with Gasteiger partial charge in [0.2, 0.25) is 12.5 Å². The van der Waals surface area contributed by atoms with Gasteiger partial charge in [0, 0.05) is 11.8 Å². The van der Waals surface area contributed by atoms with Gasteiger partial charge in [-0.2, -0.15) is 0 Å². The van der Waals surface area contributed by atoms with E-state index in [0.717, 1.165) is 11.1 Å². The fraction of sp³-hybridized carbons (Fsp3) is 0.567. The van der Waals surface area contributed by atoms with Gasteiger partial charge < -0.3 is 57.6 Å². The highest BCUT2D eigenvalue weighted by Gasteiger charge is 2.56. The lowest BCUT2D eigenvalue weighted by Gasteiger charge is -2.47. The molecule has 13 nitrogen and oxygen atoms in total. The zero-order valence-corrected chi connectivity index (χ0v) is 24.1. The molecule has 0 radical (unpaired) electrons. The van der Waals surface area contributed by atoms with Crippen molar-refractivity contribution in [3.8, 4) is 28.7 Å². The van der Waals surface area contributed by atoms with Crippen LogP contribution < -0.4 is 23.7 Å².